The second kappa shape index (κ2) is 5.37. The molecule has 0 spiro atoms. The van der Waals surface area contributed by atoms with E-state index in [1.165, 1.54) is 13.0 Å². The molecule has 4 heteroatoms. The summed E-state index contributed by atoms with van der Waals surface area (Å²) in [6.07, 6.45) is 6.27. The molecule has 1 fully saturated rings. The van der Waals surface area contributed by atoms with Crippen LogP contribution in [-0.2, 0) is 11.3 Å². The number of likely N-dealkylation sites (tertiary alicyclic amines) is 1. The molecule has 1 aliphatic rings. The molecule has 2 heterocycles. The van der Waals surface area contributed by atoms with Crippen molar-refractivity contribution in [3.63, 3.8) is 0 Å². The fourth-order valence-corrected chi connectivity index (χ4v) is 2.04. The van der Waals surface area contributed by atoms with Gasteiger partial charge in [-0.05, 0) is 33.4 Å². The van der Waals surface area contributed by atoms with Crippen molar-refractivity contribution in [2.75, 3.05) is 20.1 Å². The third-order valence-corrected chi connectivity index (χ3v) is 2.85. The van der Waals surface area contributed by atoms with Crippen molar-refractivity contribution in [1.82, 2.24) is 14.9 Å². The summed E-state index contributed by atoms with van der Waals surface area (Å²) in [5.41, 5.74) is 1.87. The molecule has 1 aromatic heterocycles. The molecular weight excluding hydrogens is 202 g/mol. The molecule has 0 amide bonds. The Bertz CT molecular complexity index is 343. The summed E-state index contributed by atoms with van der Waals surface area (Å²) in [6, 6.07) is 0. The predicted octanol–water partition coefficient (Wildman–Crippen LogP) is 1.40. The van der Waals surface area contributed by atoms with Crippen LogP contribution >= 0.6 is 0 Å². The van der Waals surface area contributed by atoms with E-state index in [0.717, 1.165) is 24.4 Å². The Morgan fingerprint density at radius 2 is 2.38 bits per heavy atom. The summed E-state index contributed by atoms with van der Waals surface area (Å²) >= 11 is 0. The molecule has 16 heavy (non-hydrogen) atoms. The van der Waals surface area contributed by atoms with Gasteiger partial charge in [0.15, 0.2) is 0 Å². The molecule has 1 atom stereocenters. The molecule has 1 saturated heterocycles. The van der Waals surface area contributed by atoms with Gasteiger partial charge in [0.2, 0.25) is 0 Å². The van der Waals surface area contributed by atoms with Gasteiger partial charge in [0.1, 0.15) is 0 Å². The van der Waals surface area contributed by atoms with E-state index in [1.807, 2.05) is 6.92 Å². The van der Waals surface area contributed by atoms with Crippen molar-refractivity contribution in [2.45, 2.75) is 32.5 Å². The zero-order chi connectivity index (χ0) is 11.4. The molecule has 0 radical (unpaired) electrons. The summed E-state index contributed by atoms with van der Waals surface area (Å²) in [7, 11) is 2.14. The number of piperidine rings is 1. The molecule has 0 saturated carbocycles. The normalized spacial score (nSPS) is 22.2. The summed E-state index contributed by atoms with van der Waals surface area (Å²) in [5.74, 6) is 0. The number of hydrogen-bond acceptors (Lipinski definition) is 4. The molecule has 4 nitrogen and oxygen atoms in total. The Balaban J connectivity index is 1.82. The minimum Gasteiger partial charge on any atom is -0.371 e. The van der Waals surface area contributed by atoms with Gasteiger partial charge in [0, 0.05) is 12.7 Å². The predicted molar refractivity (Wildman–Crippen MR) is 62.1 cm³/mol. The molecule has 0 aromatic carbocycles. The Morgan fingerprint density at radius 1 is 1.50 bits per heavy atom. The number of hydrogen-bond donors (Lipinski definition) is 0. The maximum absolute atomic E-state index is 5.85. The number of likely N-dealkylation sites (N-methyl/N-ethyl adjacent to an activating group) is 1. The van der Waals surface area contributed by atoms with Crippen molar-refractivity contribution in [1.29, 1.82) is 0 Å². The fourth-order valence-electron chi connectivity index (χ4n) is 2.04. The first kappa shape index (κ1) is 11.5. The van der Waals surface area contributed by atoms with E-state index in [-0.39, 0.29) is 0 Å². The fraction of sp³-hybridized carbons (Fsp3) is 0.667. The molecule has 0 aliphatic carbocycles. The Hall–Kier alpha value is -1.00. The molecule has 0 bridgehead atoms. The first-order chi connectivity index (χ1) is 7.74. The SMILES string of the molecule is Cc1cncc(COC2CCCN(C)C2)n1. The molecule has 1 aromatic rings. The quantitative estimate of drug-likeness (QED) is 0.773. The lowest BCUT2D eigenvalue weighted by molar-refractivity contribution is -0.00503. The zero-order valence-electron chi connectivity index (χ0n) is 10.0. The first-order valence-corrected chi connectivity index (χ1v) is 5.82. The van der Waals surface area contributed by atoms with E-state index in [2.05, 4.69) is 21.9 Å². The monoisotopic (exact) mass is 221 g/mol. The average Bonchev–Trinajstić information content (AvgIpc) is 2.27. The van der Waals surface area contributed by atoms with E-state index in [4.69, 9.17) is 4.74 Å². The second-order valence-corrected chi connectivity index (χ2v) is 4.49. The van der Waals surface area contributed by atoms with Crippen LogP contribution in [0.3, 0.4) is 0 Å². The molecule has 1 aliphatic heterocycles. The van der Waals surface area contributed by atoms with Gasteiger partial charge in [-0.3, -0.25) is 9.97 Å². The van der Waals surface area contributed by atoms with Gasteiger partial charge < -0.3 is 9.64 Å². The number of aryl methyl sites for hydroxylation is 1. The van der Waals surface area contributed by atoms with Crippen LogP contribution in [0, 0.1) is 6.92 Å². The van der Waals surface area contributed by atoms with Gasteiger partial charge in [-0.15, -0.1) is 0 Å². The maximum Gasteiger partial charge on any atom is 0.0908 e. The van der Waals surface area contributed by atoms with Gasteiger partial charge in [-0.2, -0.15) is 0 Å². The largest absolute Gasteiger partial charge is 0.371 e. The van der Waals surface area contributed by atoms with Gasteiger partial charge in [-0.1, -0.05) is 0 Å². The summed E-state index contributed by atoms with van der Waals surface area (Å²) < 4.78 is 5.85. The third kappa shape index (κ3) is 3.25. The maximum atomic E-state index is 5.85. The Labute approximate surface area is 96.7 Å². The highest BCUT2D eigenvalue weighted by atomic mass is 16.5. The van der Waals surface area contributed by atoms with E-state index in [9.17, 15) is 0 Å². The van der Waals surface area contributed by atoms with Crippen LogP contribution < -0.4 is 0 Å². The van der Waals surface area contributed by atoms with Crippen molar-refractivity contribution in [2.24, 2.45) is 0 Å². The summed E-state index contributed by atoms with van der Waals surface area (Å²) in [4.78, 5) is 10.8. The van der Waals surface area contributed by atoms with Crippen LogP contribution in [-0.4, -0.2) is 41.1 Å². The number of aromatic nitrogens is 2. The van der Waals surface area contributed by atoms with Crippen LogP contribution in [0.2, 0.25) is 0 Å². The van der Waals surface area contributed by atoms with Crippen molar-refractivity contribution in [3.05, 3.63) is 23.8 Å². The lowest BCUT2D eigenvalue weighted by Crippen LogP contribution is -2.36. The van der Waals surface area contributed by atoms with Gasteiger partial charge in [-0.25, -0.2) is 0 Å². The van der Waals surface area contributed by atoms with Crippen LogP contribution in [0.15, 0.2) is 12.4 Å². The smallest absolute Gasteiger partial charge is 0.0908 e. The van der Waals surface area contributed by atoms with E-state index in [1.54, 1.807) is 12.4 Å². The Morgan fingerprint density at radius 3 is 3.12 bits per heavy atom. The van der Waals surface area contributed by atoms with E-state index < -0.39 is 0 Å². The van der Waals surface area contributed by atoms with E-state index >= 15 is 0 Å². The Kier molecular flexibility index (Phi) is 3.85. The highest BCUT2D eigenvalue weighted by Crippen LogP contribution is 2.12. The topological polar surface area (TPSA) is 38.2 Å². The molecule has 2 rings (SSSR count). The number of rotatable bonds is 3. The molecule has 0 N–H and O–H groups in total. The molecule has 1 unspecified atom stereocenters. The van der Waals surface area contributed by atoms with Crippen molar-refractivity contribution < 1.29 is 4.74 Å². The van der Waals surface area contributed by atoms with Crippen LogP contribution in [0.1, 0.15) is 24.2 Å². The standard InChI is InChI=1S/C12H19N3O/c1-10-6-13-7-11(14-10)9-16-12-4-3-5-15(2)8-12/h6-7,12H,3-5,8-9H2,1-2H3. The van der Waals surface area contributed by atoms with Crippen molar-refractivity contribution >= 4 is 0 Å². The highest BCUT2D eigenvalue weighted by molar-refractivity contribution is 5.00. The molecule has 88 valence electrons. The summed E-state index contributed by atoms with van der Waals surface area (Å²) in [6.45, 7) is 4.74. The van der Waals surface area contributed by atoms with Gasteiger partial charge in [0.05, 0.1) is 30.3 Å². The van der Waals surface area contributed by atoms with Crippen LogP contribution in [0.4, 0.5) is 0 Å². The van der Waals surface area contributed by atoms with Crippen molar-refractivity contribution in [3.8, 4) is 0 Å². The van der Waals surface area contributed by atoms with Crippen LogP contribution in [0.5, 0.6) is 0 Å². The second-order valence-electron chi connectivity index (χ2n) is 4.49. The van der Waals surface area contributed by atoms with Gasteiger partial charge in [0.25, 0.3) is 0 Å². The molecular formula is C12H19N3O. The van der Waals surface area contributed by atoms with Gasteiger partial charge >= 0.3 is 0 Å². The third-order valence-electron chi connectivity index (χ3n) is 2.85. The lowest BCUT2D eigenvalue weighted by atomic mass is 10.1. The zero-order valence-corrected chi connectivity index (χ0v) is 10.0. The minimum absolute atomic E-state index is 0.348. The average molecular weight is 221 g/mol. The number of nitrogens with zero attached hydrogens (tertiary/aromatic N) is 3. The van der Waals surface area contributed by atoms with Crippen LogP contribution in [0.25, 0.3) is 0 Å². The first-order valence-electron chi connectivity index (χ1n) is 5.82. The minimum atomic E-state index is 0.348. The number of ether oxygens (including phenoxy) is 1. The summed E-state index contributed by atoms with van der Waals surface area (Å²) in [5, 5.41) is 0. The highest BCUT2D eigenvalue weighted by Gasteiger charge is 2.17. The van der Waals surface area contributed by atoms with E-state index in [0.29, 0.717) is 12.7 Å². The lowest BCUT2D eigenvalue weighted by Gasteiger charge is -2.29.